The summed E-state index contributed by atoms with van der Waals surface area (Å²) in [7, 11) is 0. The van der Waals surface area contributed by atoms with E-state index in [2.05, 4.69) is 10.4 Å². The fourth-order valence-corrected chi connectivity index (χ4v) is 5.01. The molecule has 1 aromatic carbocycles. The number of rotatable bonds is 4. The number of carbonyl (C=O) groups excluding carboxylic acids is 2. The predicted octanol–water partition coefficient (Wildman–Crippen LogP) is 5.05. The minimum atomic E-state index is -1.16. The molecule has 3 aromatic rings. The topological polar surface area (TPSA) is 80.4 Å². The molecule has 2 aliphatic rings. The Morgan fingerprint density at radius 2 is 1.88 bits per heavy atom. The van der Waals surface area contributed by atoms with Crippen LogP contribution < -0.4 is 10.2 Å². The van der Waals surface area contributed by atoms with Gasteiger partial charge in [-0.25, -0.2) is 0 Å². The summed E-state index contributed by atoms with van der Waals surface area (Å²) in [6, 6.07) is 12.4. The highest BCUT2D eigenvalue weighted by Gasteiger charge is 2.49. The Bertz CT molecular complexity index is 1150. The van der Waals surface area contributed by atoms with Gasteiger partial charge in [-0.1, -0.05) is 37.3 Å². The van der Waals surface area contributed by atoms with Gasteiger partial charge >= 0.3 is 0 Å². The zero-order chi connectivity index (χ0) is 23.0. The molecule has 5 rings (SSSR count). The summed E-state index contributed by atoms with van der Waals surface area (Å²) in [4.78, 5) is 29.1. The van der Waals surface area contributed by atoms with Crippen molar-refractivity contribution in [1.29, 1.82) is 0 Å². The average molecular weight is 467 g/mol. The summed E-state index contributed by atoms with van der Waals surface area (Å²) in [5.74, 6) is 0.123. The number of anilines is 1. The van der Waals surface area contributed by atoms with Gasteiger partial charge in [-0.05, 0) is 56.2 Å². The zero-order valence-electron chi connectivity index (χ0n) is 18.6. The van der Waals surface area contributed by atoms with Crippen LogP contribution in [0.4, 0.5) is 5.69 Å². The van der Waals surface area contributed by atoms with Crippen molar-refractivity contribution in [2.45, 2.75) is 63.6 Å². The van der Waals surface area contributed by atoms with Crippen LogP contribution in [0.15, 0.2) is 53.1 Å². The third kappa shape index (κ3) is 4.06. The Hall–Kier alpha value is -3.06. The first-order chi connectivity index (χ1) is 16.0. The number of aromatic nitrogens is 2. The summed E-state index contributed by atoms with van der Waals surface area (Å²) in [5, 5.41) is 8.41. The molecule has 3 heterocycles. The van der Waals surface area contributed by atoms with Crippen LogP contribution in [0.3, 0.4) is 0 Å². The molecule has 1 atom stereocenters. The molecule has 172 valence electrons. The molecule has 2 aromatic heterocycles. The van der Waals surface area contributed by atoms with Crippen molar-refractivity contribution in [1.82, 2.24) is 15.1 Å². The van der Waals surface area contributed by atoms with Crippen LogP contribution in [0, 0.1) is 0 Å². The highest BCUT2D eigenvalue weighted by molar-refractivity contribution is 6.30. The van der Waals surface area contributed by atoms with Crippen molar-refractivity contribution in [2.75, 3.05) is 4.90 Å². The van der Waals surface area contributed by atoms with Gasteiger partial charge < -0.3 is 9.73 Å². The van der Waals surface area contributed by atoms with Crippen LogP contribution in [0.25, 0.3) is 11.5 Å². The second-order valence-corrected chi connectivity index (χ2v) is 9.54. The third-order valence-corrected chi connectivity index (χ3v) is 6.94. The average Bonchev–Trinajstić information content (AvgIpc) is 3.40. The van der Waals surface area contributed by atoms with E-state index in [4.69, 9.17) is 16.0 Å². The highest BCUT2D eigenvalue weighted by Crippen LogP contribution is 2.35. The minimum Gasteiger partial charge on any atom is -0.463 e. The summed E-state index contributed by atoms with van der Waals surface area (Å²) in [6.07, 6.45) is 8.11. The van der Waals surface area contributed by atoms with Crippen molar-refractivity contribution in [3.63, 3.8) is 0 Å². The molecule has 2 amide bonds. The first-order valence-corrected chi connectivity index (χ1v) is 11.9. The number of halogens is 1. The number of amides is 2. The molecule has 1 aliphatic heterocycles. The van der Waals surface area contributed by atoms with Crippen molar-refractivity contribution >= 4 is 29.1 Å². The zero-order valence-corrected chi connectivity index (χ0v) is 19.3. The molecule has 1 unspecified atom stereocenters. The SMILES string of the molecule is CC1(C(=O)NC2CCCCCC2)Cn2nc(-c3ccco3)cc2C(=O)N1c1ccc(Cl)cc1. The van der Waals surface area contributed by atoms with Crippen molar-refractivity contribution in [2.24, 2.45) is 0 Å². The minimum absolute atomic E-state index is 0.122. The first-order valence-electron chi connectivity index (χ1n) is 11.5. The van der Waals surface area contributed by atoms with E-state index in [0.717, 1.165) is 25.7 Å². The van der Waals surface area contributed by atoms with Gasteiger partial charge in [0.1, 0.15) is 16.9 Å². The third-order valence-electron chi connectivity index (χ3n) is 6.69. The molecule has 1 N–H and O–H groups in total. The van der Waals surface area contributed by atoms with Gasteiger partial charge in [0.05, 0.1) is 12.8 Å². The molecule has 0 spiro atoms. The Kier molecular flexibility index (Phi) is 5.74. The van der Waals surface area contributed by atoms with E-state index in [-0.39, 0.29) is 24.4 Å². The maximum Gasteiger partial charge on any atom is 0.277 e. The van der Waals surface area contributed by atoms with Gasteiger partial charge in [-0.3, -0.25) is 19.2 Å². The molecular weight excluding hydrogens is 440 g/mol. The molecule has 0 saturated heterocycles. The Morgan fingerprint density at radius 3 is 2.55 bits per heavy atom. The maximum atomic E-state index is 13.8. The second kappa shape index (κ2) is 8.71. The lowest BCUT2D eigenvalue weighted by molar-refractivity contribution is -0.127. The van der Waals surface area contributed by atoms with Gasteiger partial charge in [-0.15, -0.1) is 0 Å². The van der Waals surface area contributed by atoms with Gasteiger partial charge in [-0.2, -0.15) is 5.10 Å². The number of hydrogen-bond acceptors (Lipinski definition) is 4. The molecule has 0 bridgehead atoms. The fourth-order valence-electron chi connectivity index (χ4n) is 4.89. The molecule has 1 aliphatic carbocycles. The van der Waals surface area contributed by atoms with E-state index in [0.29, 0.717) is 27.9 Å². The van der Waals surface area contributed by atoms with E-state index in [9.17, 15) is 9.59 Å². The number of benzene rings is 1. The summed E-state index contributed by atoms with van der Waals surface area (Å²) >= 11 is 6.10. The van der Waals surface area contributed by atoms with Gasteiger partial charge in [0, 0.05) is 22.8 Å². The number of hydrogen-bond donors (Lipinski definition) is 1. The van der Waals surface area contributed by atoms with E-state index in [1.165, 1.54) is 12.8 Å². The molecular formula is C25H27ClN4O3. The smallest absolute Gasteiger partial charge is 0.277 e. The molecule has 8 heteroatoms. The second-order valence-electron chi connectivity index (χ2n) is 9.10. The van der Waals surface area contributed by atoms with Crippen LogP contribution in [-0.2, 0) is 11.3 Å². The fraction of sp³-hybridized carbons (Fsp3) is 0.400. The lowest BCUT2D eigenvalue weighted by atomic mass is 9.93. The van der Waals surface area contributed by atoms with Gasteiger partial charge in [0.2, 0.25) is 5.91 Å². The van der Waals surface area contributed by atoms with E-state index in [1.807, 2.05) is 6.92 Å². The van der Waals surface area contributed by atoms with E-state index >= 15 is 0 Å². The number of carbonyl (C=O) groups is 2. The lowest BCUT2D eigenvalue weighted by Crippen LogP contribution is -2.65. The van der Waals surface area contributed by atoms with Crippen LogP contribution >= 0.6 is 11.6 Å². The Morgan fingerprint density at radius 1 is 1.15 bits per heavy atom. The monoisotopic (exact) mass is 466 g/mol. The highest BCUT2D eigenvalue weighted by atomic mass is 35.5. The van der Waals surface area contributed by atoms with Crippen LogP contribution in [0.5, 0.6) is 0 Å². The number of nitrogens with one attached hydrogen (secondary N) is 1. The van der Waals surface area contributed by atoms with Crippen LogP contribution in [0.2, 0.25) is 5.02 Å². The molecule has 1 fully saturated rings. The van der Waals surface area contributed by atoms with Crippen molar-refractivity contribution in [3.8, 4) is 11.5 Å². The largest absolute Gasteiger partial charge is 0.463 e. The number of fused-ring (bicyclic) bond motifs is 1. The van der Waals surface area contributed by atoms with E-state index < -0.39 is 5.54 Å². The van der Waals surface area contributed by atoms with E-state index in [1.54, 1.807) is 58.3 Å². The predicted molar refractivity (Wildman–Crippen MR) is 126 cm³/mol. The van der Waals surface area contributed by atoms with Crippen molar-refractivity contribution < 1.29 is 14.0 Å². The van der Waals surface area contributed by atoms with Crippen molar-refractivity contribution in [3.05, 3.63) is 59.4 Å². The number of nitrogens with zero attached hydrogens (tertiary/aromatic N) is 3. The van der Waals surface area contributed by atoms with Crippen LogP contribution in [-0.4, -0.2) is 33.2 Å². The molecule has 33 heavy (non-hydrogen) atoms. The standard InChI is InChI=1S/C25H27ClN4O3/c1-25(24(32)27-18-7-4-2-3-5-8-18)16-29-21(15-20(28-29)22-9-6-14-33-22)23(31)30(25)19-12-10-17(26)11-13-19/h6,9-15,18H,2-5,7-8,16H2,1H3,(H,27,32). The molecule has 7 nitrogen and oxygen atoms in total. The first kappa shape index (κ1) is 21.8. The van der Waals surface area contributed by atoms with Crippen LogP contribution in [0.1, 0.15) is 55.9 Å². The number of furan rings is 1. The molecule has 0 radical (unpaired) electrons. The Labute approximate surface area is 197 Å². The summed E-state index contributed by atoms with van der Waals surface area (Å²) < 4.78 is 7.10. The summed E-state index contributed by atoms with van der Waals surface area (Å²) in [6.45, 7) is 2.04. The van der Waals surface area contributed by atoms with Gasteiger partial charge in [0.25, 0.3) is 5.91 Å². The Balaban J connectivity index is 1.54. The quantitative estimate of drug-likeness (QED) is 0.545. The van der Waals surface area contributed by atoms with Gasteiger partial charge in [0.15, 0.2) is 5.76 Å². The molecule has 1 saturated carbocycles. The summed E-state index contributed by atoms with van der Waals surface area (Å²) in [5.41, 5.74) is 0.440. The maximum absolute atomic E-state index is 13.8. The lowest BCUT2D eigenvalue weighted by Gasteiger charge is -2.43. The normalized spacial score (nSPS) is 21.5.